The Morgan fingerprint density at radius 1 is 0.406 bits per heavy atom. The fraction of sp³-hybridized carbons (Fsp3) is 0.0938. The summed E-state index contributed by atoms with van der Waals surface area (Å²) in [5, 5.41) is 5.65. The lowest BCUT2D eigenvalue weighted by molar-refractivity contribution is 0.443. The predicted molar refractivity (Wildman–Crippen MR) is 294 cm³/mol. The molecule has 328 valence electrons. The largest absolute Gasteiger partial charge is 0.312 e. The van der Waals surface area contributed by atoms with Crippen molar-refractivity contribution in [1.82, 2.24) is 4.57 Å². The molecular formula is C64H50BN3Si. The van der Waals surface area contributed by atoms with E-state index in [1.807, 2.05) is 0 Å². The van der Waals surface area contributed by atoms with Gasteiger partial charge in [-0.1, -0.05) is 213 Å². The molecule has 5 heteroatoms. The number of benzene rings is 9. The first kappa shape index (κ1) is 40.2. The molecule has 10 aromatic rings. The molecule has 1 aliphatic carbocycles. The molecule has 3 aliphatic heterocycles. The van der Waals surface area contributed by atoms with Gasteiger partial charge in [-0.15, -0.1) is 0 Å². The Morgan fingerprint density at radius 3 is 1.61 bits per heavy atom. The summed E-state index contributed by atoms with van der Waals surface area (Å²) in [5.74, 6) is 1.81. The Kier molecular flexibility index (Phi) is 9.41. The van der Waals surface area contributed by atoms with E-state index in [4.69, 9.17) is 0 Å². The lowest BCUT2D eigenvalue weighted by Gasteiger charge is -2.50. The van der Waals surface area contributed by atoms with Crippen molar-refractivity contribution in [1.29, 1.82) is 0 Å². The summed E-state index contributed by atoms with van der Waals surface area (Å²) in [6.07, 6.45) is 6.53. The summed E-state index contributed by atoms with van der Waals surface area (Å²) < 4.78 is 2.60. The smallest absolute Gasteiger partial charge is 0.255 e. The number of aromatic nitrogens is 1. The molecule has 9 aromatic carbocycles. The molecule has 0 N–H and O–H groups in total. The summed E-state index contributed by atoms with van der Waals surface area (Å²) in [6, 6.07) is 89.9. The highest BCUT2D eigenvalue weighted by Gasteiger charge is 2.54. The van der Waals surface area contributed by atoms with Crippen molar-refractivity contribution in [2.45, 2.75) is 38.0 Å². The summed E-state index contributed by atoms with van der Waals surface area (Å²) in [7, 11) is -2.91. The third kappa shape index (κ3) is 5.93. The number of hydrogen-bond acceptors (Lipinski definition) is 2. The van der Waals surface area contributed by atoms with E-state index in [0.717, 1.165) is 5.69 Å². The fourth-order valence-electron chi connectivity index (χ4n) is 13.1. The zero-order chi connectivity index (χ0) is 45.5. The van der Waals surface area contributed by atoms with Crippen LogP contribution >= 0.6 is 0 Å². The van der Waals surface area contributed by atoms with Crippen molar-refractivity contribution >= 4 is 86.2 Å². The van der Waals surface area contributed by atoms with Crippen LogP contribution in [-0.4, -0.2) is 19.4 Å². The fourth-order valence-corrected chi connectivity index (χ4v) is 18.2. The highest BCUT2D eigenvalue weighted by Crippen LogP contribution is 2.50. The molecule has 0 radical (unpaired) electrons. The van der Waals surface area contributed by atoms with E-state index in [9.17, 15) is 0 Å². The van der Waals surface area contributed by atoms with Crippen LogP contribution in [0, 0.1) is 0 Å². The van der Waals surface area contributed by atoms with Gasteiger partial charge in [-0.2, -0.15) is 0 Å². The summed E-state index contributed by atoms with van der Waals surface area (Å²) >= 11 is 0. The van der Waals surface area contributed by atoms with Crippen LogP contribution in [0.3, 0.4) is 0 Å². The first-order valence-corrected chi connectivity index (χ1v) is 26.9. The van der Waals surface area contributed by atoms with E-state index in [0.29, 0.717) is 5.92 Å². The first-order valence-electron chi connectivity index (χ1n) is 24.9. The molecule has 4 aliphatic rings. The topological polar surface area (TPSA) is 11.4 Å². The predicted octanol–water partition coefficient (Wildman–Crippen LogP) is 11.6. The van der Waals surface area contributed by atoms with Gasteiger partial charge in [-0.3, -0.25) is 9.47 Å². The minimum Gasteiger partial charge on any atom is -0.312 e. The van der Waals surface area contributed by atoms with Crippen molar-refractivity contribution in [2.24, 2.45) is 0 Å². The SMILES string of the molecule is c1ccc(-c2c3c(n(-c4ccccc4)c2-c2ccccc2)N(c2ccc(C4CCCCC4)cc2)c2cccc4c2B3c2cccc3c2N4c2ccccc2[Si]3(c2ccccc2)c2ccccc2)cc1. The average Bonchev–Trinajstić information content (AvgIpc) is 3.79. The number of rotatable bonds is 7. The zero-order valence-electron chi connectivity index (χ0n) is 38.5. The molecule has 0 atom stereocenters. The van der Waals surface area contributed by atoms with Crippen LogP contribution in [0.1, 0.15) is 43.6 Å². The molecular weight excluding hydrogens is 850 g/mol. The third-order valence-corrected chi connectivity index (χ3v) is 20.7. The van der Waals surface area contributed by atoms with Gasteiger partial charge in [0.25, 0.3) is 6.71 Å². The van der Waals surface area contributed by atoms with Gasteiger partial charge in [0.05, 0.1) is 5.69 Å². The van der Waals surface area contributed by atoms with Gasteiger partial charge in [0.2, 0.25) is 0 Å². The van der Waals surface area contributed by atoms with E-state index in [-0.39, 0.29) is 6.71 Å². The lowest BCUT2D eigenvalue weighted by Crippen LogP contribution is -2.79. The van der Waals surface area contributed by atoms with Gasteiger partial charge in [-0.05, 0) is 115 Å². The maximum Gasteiger partial charge on any atom is 0.255 e. The second-order valence-corrected chi connectivity index (χ2v) is 23.1. The minimum atomic E-state index is -2.91. The summed E-state index contributed by atoms with van der Waals surface area (Å²) in [6.45, 7) is -0.0960. The average molecular weight is 900 g/mol. The van der Waals surface area contributed by atoms with Crippen molar-refractivity contribution in [3.63, 3.8) is 0 Å². The molecule has 1 saturated carbocycles. The number of para-hydroxylation sites is 3. The number of anilines is 6. The maximum absolute atomic E-state index is 2.91. The Morgan fingerprint density at radius 2 is 0.942 bits per heavy atom. The Labute approximate surface area is 406 Å². The third-order valence-electron chi connectivity index (χ3n) is 15.8. The van der Waals surface area contributed by atoms with Crippen LogP contribution in [-0.2, 0) is 0 Å². The molecule has 1 fully saturated rings. The molecule has 0 amide bonds. The quantitative estimate of drug-likeness (QED) is 0.148. The second-order valence-electron chi connectivity index (χ2n) is 19.3. The van der Waals surface area contributed by atoms with Gasteiger partial charge in [0, 0.05) is 39.7 Å². The van der Waals surface area contributed by atoms with Gasteiger partial charge in [0.1, 0.15) is 5.82 Å². The molecule has 0 saturated heterocycles. The Bertz CT molecular complexity index is 3490. The van der Waals surface area contributed by atoms with E-state index in [2.05, 4.69) is 251 Å². The highest BCUT2D eigenvalue weighted by atomic mass is 28.3. The van der Waals surface area contributed by atoms with Crippen molar-refractivity contribution < 1.29 is 0 Å². The van der Waals surface area contributed by atoms with Crippen molar-refractivity contribution in [2.75, 3.05) is 9.80 Å². The minimum absolute atomic E-state index is 0.0960. The molecule has 0 bridgehead atoms. The second kappa shape index (κ2) is 16.1. The Balaban J connectivity index is 1.15. The number of hydrogen-bond donors (Lipinski definition) is 0. The molecule has 0 unspecified atom stereocenters. The molecule has 69 heavy (non-hydrogen) atoms. The lowest BCUT2D eigenvalue weighted by atomic mass is 9.33. The highest BCUT2D eigenvalue weighted by molar-refractivity contribution is 7.22. The summed E-state index contributed by atoms with van der Waals surface area (Å²) in [5.41, 5.74) is 17.7. The number of fused-ring (bicyclic) bond motifs is 6. The van der Waals surface area contributed by atoms with E-state index < -0.39 is 8.07 Å². The Hall–Kier alpha value is -7.86. The van der Waals surface area contributed by atoms with Gasteiger partial charge in [-0.25, -0.2) is 0 Å². The van der Waals surface area contributed by atoms with Crippen LogP contribution in [0.4, 0.5) is 34.3 Å². The molecule has 4 heterocycles. The normalized spacial score (nSPS) is 15.2. The monoisotopic (exact) mass is 899 g/mol. The molecule has 3 nitrogen and oxygen atoms in total. The first-order chi connectivity index (χ1) is 34.3. The van der Waals surface area contributed by atoms with Gasteiger partial charge in [0.15, 0.2) is 8.07 Å². The van der Waals surface area contributed by atoms with Crippen molar-refractivity contribution in [3.8, 4) is 28.1 Å². The number of nitrogens with zero attached hydrogens (tertiary/aromatic N) is 3. The van der Waals surface area contributed by atoms with E-state index in [1.165, 1.54) is 131 Å². The van der Waals surface area contributed by atoms with Crippen LogP contribution in [0.15, 0.2) is 237 Å². The van der Waals surface area contributed by atoms with E-state index in [1.54, 1.807) is 0 Å². The van der Waals surface area contributed by atoms with Crippen LogP contribution in [0.25, 0.3) is 28.1 Å². The van der Waals surface area contributed by atoms with Crippen LogP contribution in [0.2, 0.25) is 0 Å². The standard InChI is InChI=1S/C64H50BN3Si/c1-7-23-45(24-8-1)46-41-43-50(44-42-46)66-55-37-22-38-56-60(55)65(61-59(47-25-9-2-10-26-47)62(48-27-11-3-12-28-48)67(64(61)66)49-29-13-4-14-30-49)53-35-21-40-58-63(53)68(56)54-36-19-20-39-57(54)69(58,51-31-15-5-16-32-51)52-33-17-6-18-34-52/h2-6,9-22,25-45H,1,7-8,23-24H2. The molecule has 14 rings (SSSR count). The zero-order valence-corrected chi connectivity index (χ0v) is 39.5. The molecule has 1 aromatic heterocycles. The summed E-state index contributed by atoms with van der Waals surface area (Å²) in [4.78, 5) is 5.29. The van der Waals surface area contributed by atoms with Crippen molar-refractivity contribution in [3.05, 3.63) is 242 Å². The van der Waals surface area contributed by atoms with Crippen LogP contribution < -0.4 is 46.9 Å². The maximum atomic E-state index is 2.66. The van der Waals surface area contributed by atoms with Crippen LogP contribution in [0.5, 0.6) is 0 Å². The molecule has 0 spiro atoms. The van der Waals surface area contributed by atoms with E-state index >= 15 is 0 Å². The van der Waals surface area contributed by atoms with Gasteiger partial charge >= 0.3 is 0 Å². The van der Waals surface area contributed by atoms with Gasteiger partial charge < -0.3 is 4.90 Å².